The molecular formula is C16H31N3. The van der Waals surface area contributed by atoms with Crippen molar-refractivity contribution < 1.29 is 0 Å². The molecule has 3 fully saturated rings. The number of nitrogens with one attached hydrogen (secondary N) is 1. The van der Waals surface area contributed by atoms with Gasteiger partial charge < -0.3 is 5.32 Å². The van der Waals surface area contributed by atoms with Gasteiger partial charge in [0.25, 0.3) is 0 Å². The molecule has 1 N–H and O–H groups in total. The van der Waals surface area contributed by atoms with Crippen molar-refractivity contribution in [1.29, 1.82) is 0 Å². The predicted octanol–water partition coefficient (Wildman–Crippen LogP) is 1.79. The molecule has 3 saturated heterocycles. The molecule has 0 aliphatic carbocycles. The highest BCUT2D eigenvalue weighted by Gasteiger charge is 2.39. The Morgan fingerprint density at radius 2 is 1.47 bits per heavy atom. The third-order valence-electron chi connectivity index (χ3n) is 5.37. The summed E-state index contributed by atoms with van der Waals surface area (Å²) in [5.74, 6) is 1.59. The third kappa shape index (κ3) is 3.14. The molecule has 3 heterocycles. The Bertz CT molecular complexity index is 282. The van der Waals surface area contributed by atoms with E-state index in [-0.39, 0.29) is 0 Å². The fraction of sp³-hybridized carbons (Fsp3) is 1.00. The SMILES string of the molecule is CC1CNCC(C)CN(C2CCN3CCCCC23)C1. The molecule has 0 aromatic carbocycles. The molecule has 0 spiro atoms. The van der Waals surface area contributed by atoms with Gasteiger partial charge in [0.15, 0.2) is 0 Å². The molecule has 0 saturated carbocycles. The molecule has 0 bridgehead atoms. The maximum Gasteiger partial charge on any atom is 0.0263 e. The summed E-state index contributed by atoms with van der Waals surface area (Å²) >= 11 is 0. The number of hydrogen-bond acceptors (Lipinski definition) is 3. The lowest BCUT2D eigenvalue weighted by Gasteiger charge is -2.41. The van der Waals surface area contributed by atoms with E-state index in [0.717, 1.165) is 23.9 Å². The average molecular weight is 265 g/mol. The zero-order valence-corrected chi connectivity index (χ0v) is 12.8. The second kappa shape index (κ2) is 6.11. The van der Waals surface area contributed by atoms with Crippen LogP contribution >= 0.6 is 0 Å². The lowest BCUT2D eigenvalue weighted by atomic mass is 9.95. The van der Waals surface area contributed by atoms with Crippen LogP contribution in [-0.2, 0) is 0 Å². The second-order valence-corrected chi connectivity index (χ2v) is 7.28. The fourth-order valence-corrected chi connectivity index (χ4v) is 4.50. The number of fused-ring (bicyclic) bond motifs is 1. The summed E-state index contributed by atoms with van der Waals surface area (Å²) in [7, 11) is 0. The number of rotatable bonds is 1. The van der Waals surface area contributed by atoms with Crippen molar-refractivity contribution in [3.05, 3.63) is 0 Å². The topological polar surface area (TPSA) is 18.5 Å². The summed E-state index contributed by atoms with van der Waals surface area (Å²) in [5, 5.41) is 3.62. The van der Waals surface area contributed by atoms with Gasteiger partial charge in [-0.25, -0.2) is 0 Å². The van der Waals surface area contributed by atoms with Crippen molar-refractivity contribution in [1.82, 2.24) is 15.1 Å². The number of piperidine rings is 1. The van der Waals surface area contributed by atoms with Crippen molar-refractivity contribution in [3.8, 4) is 0 Å². The molecule has 4 unspecified atom stereocenters. The van der Waals surface area contributed by atoms with Crippen LogP contribution in [0.15, 0.2) is 0 Å². The van der Waals surface area contributed by atoms with Crippen LogP contribution in [0.5, 0.6) is 0 Å². The summed E-state index contributed by atoms with van der Waals surface area (Å²) < 4.78 is 0. The Balaban J connectivity index is 1.67. The van der Waals surface area contributed by atoms with Gasteiger partial charge in [0.2, 0.25) is 0 Å². The minimum absolute atomic E-state index is 0.796. The van der Waals surface area contributed by atoms with Gasteiger partial charge in [-0.05, 0) is 50.7 Å². The molecule has 0 aromatic heterocycles. The van der Waals surface area contributed by atoms with E-state index in [4.69, 9.17) is 0 Å². The third-order valence-corrected chi connectivity index (χ3v) is 5.37. The van der Waals surface area contributed by atoms with Crippen LogP contribution in [0, 0.1) is 11.8 Å². The van der Waals surface area contributed by atoms with E-state index >= 15 is 0 Å². The number of nitrogens with zero attached hydrogens (tertiary/aromatic N) is 2. The summed E-state index contributed by atoms with van der Waals surface area (Å²) in [4.78, 5) is 5.63. The van der Waals surface area contributed by atoms with Crippen molar-refractivity contribution in [2.24, 2.45) is 11.8 Å². The quantitative estimate of drug-likeness (QED) is 0.780. The summed E-state index contributed by atoms with van der Waals surface area (Å²) in [6.45, 7) is 12.5. The molecule has 0 amide bonds. The molecule has 19 heavy (non-hydrogen) atoms. The van der Waals surface area contributed by atoms with Crippen molar-refractivity contribution in [2.75, 3.05) is 39.3 Å². The van der Waals surface area contributed by atoms with E-state index in [0.29, 0.717) is 0 Å². The molecule has 3 aliphatic heterocycles. The Kier molecular flexibility index (Phi) is 4.45. The molecular weight excluding hydrogens is 234 g/mol. The Hall–Kier alpha value is -0.120. The Morgan fingerprint density at radius 3 is 2.21 bits per heavy atom. The van der Waals surface area contributed by atoms with Gasteiger partial charge in [-0.1, -0.05) is 20.3 Å². The molecule has 4 atom stereocenters. The lowest BCUT2D eigenvalue weighted by Crippen LogP contribution is -2.52. The molecule has 110 valence electrons. The minimum atomic E-state index is 0.796. The largest absolute Gasteiger partial charge is 0.316 e. The van der Waals surface area contributed by atoms with Crippen LogP contribution in [-0.4, -0.2) is 61.2 Å². The number of hydrogen-bond donors (Lipinski definition) is 1. The normalized spacial score (nSPS) is 42.6. The zero-order valence-electron chi connectivity index (χ0n) is 12.8. The Labute approximate surface area is 118 Å². The first-order chi connectivity index (χ1) is 9.24. The Morgan fingerprint density at radius 1 is 0.789 bits per heavy atom. The lowest BCUT2D eigenvalue weighted by molar-refractivity contribution is 0.0848. The highest BCUT2D eigenvalue weighted by Crippen LogP contribution is 2.31. The first kappa shape index (κ1) is 13.8. The first-order valence-electron chi connectivity index (χ1n) is 8.43. The summed E-state index contributed by atoms with van der Waals surface area (Å²) in [6, 6.07) is 1.73. The maximum absolute atomic E-state index is 3.62. The van der Waals surface area contributed by atoms with Gasteiger partial charge in [-0.15, -0.1) is 0 Å². The summed E-state index contributed by atoms with van der Waals surface area (Å²) in [5.41, 5.74) is 0. The van der Waals surface area contributed by atoms with Crippen molar-refractivity contribution in [2.45, 2.75) is 51.6 Å². The van der Waals surface area contributed by atoms with Gasteiger partial charge in [0.1, 0.15) is 0 Å². The van der Waals surface area contributed by atoms with E-state index in [1.807, 2.05) is 0 Å². The van der Waals surface area contributed by atoms with Gasteiger partial charge in [0, 0.05) is 31.7 Å². The molecule has 3 aliphatic rings. The van der Waals surface area contributed by atoms with E-state index in [2.05, 4.69) is 29.0 Å². The van der Waals surface area contributed by atoms with Crippen LogP contribution < -0.4 is 5.32 Å². The van der Waals surface area contributed by atoms with Crippen molar-refractivity contribution in [3.63, 3.8) is 0 Å². The van der Waals surface area contributed by atoms with Crippen molar-refractivity contribution >= 4 is 0 Å². The highest BCUT2D eigenvalue weighted by molar-refractivity contribution is 4.96. The van der Waals surface area contributed by atoms with E-state index < -0.39 is 0 Å². The van der Waals surface area contributed by atoms with E-state index in [1.165, 1.54) is 65.0 Å². The average Bonchev–Trinajstić information content (AvgIpc) is 2.79. The standard InChI is InChI=1S/C16H31N3/c1-13-9-17-10-14(2)12-19(11-13)16-6-8-18-7-4-3-5-15(16)18/h13-17H,3-12H2,1-2H3. The zero-order chi connectivity index (χ0) is 13.2. The van der Waals surface area contributed by atoms with Gasteiger partial charge >= 0.3 is 0 Å². The maximum atomic E-state index is 3.62. The fourth-order valence-electron chi connectivity index (χ4n) is 4.50. The van der Waals surface area contributed by atoms with Crippen LogP contribution in [0.25, 0.3) is 0 Å². The van der Waals surface area contributed by atoms with E-state index in [1.54, 1.807) is 0 Å². The van der Waals surface area contributed by atoms with Gasteiger partial charge in [0.05, 0.1) is 0 Å². The predicted molar refractivity (Wildman–Crippen MR) is 80.4 cm³/mol. The van der Waals surface area contributed by atoms with E-state index in [9.17, 15) is 0 Å². The summed E-state index contributed by atoms with van der Waals surface area (Å²) in [6.07, 6.45) is 5.75. The van der Waals surface area contributed by atoms with Gasteiger partial charge in [-0.2, -0.15) is 0 Å². The highest BCUT2D eigenvalue weighted by atomic mass is 15.3. The molecule has 3 rings (SSSR count). The van der Waals surface area contributed by atoms with Gasteiger partial charge in [-0.3, -0.25) is 9.80 Å². The van der Waals surface area contributed by atoms with Crippen LogP contribution in [0.4, 0.5) is 0 Å². The molecule has 3 heteroatoms. The second-order valence-electron chi connectivity index (χ2n) is 7.28. The first-order valence-corrected chi connectivity index (χ1v) is 8.43. The smallest absolute Gasteiger partial charge is 0.0263 e. The molecule has 3 nitrogen and oxygen atoms in total. The minimum Gasteiger partial charge on any atom is -0.316 e. The van der Waals surface area contributed by atoms with Crippen LogP contribution in [0.1, 0.15) is 39.5 Å². The molecule has 0 radical (unpaired) electrons. The monoisotopic (exact) mass is 265 g/mol. The molecule has 0 aromatic rings. The van der Waals surface area contributed by atoms with Crippen LogP contribution in [0.3, 0.4) is 0 Å². The van der Waals surface area contributed by atoms with Crippen LogP contribution in [0.2, 0.25) is 0 Å².